The second-order valence-electron chi connectivity index (χ2n) is 2.64. The summed E-state index contributed by atoms with van der Waals surface area (Å²) >= 11 is 1.44. The summed E-state index contributed by atoms with van der Waals surface area (Å²) in [7, 11) is 0. The molecule has 0 saturated carbocycles. The Morgan fingerprint density at radius 1 is 1.08 bits per heavy atom. The lowest BCUT2D eigenvalue weighted by Gasteiger charge is -2.09. The van der Waals surface area contributed by atoms with E-state index in [9.17, 15) is 10.2 Å². The molecule has 2 atom stereocenters. The molecule has 13 heavy (non-hydrogen) atoms. The zero-order chi connectivity index (χ0) is 9.84. The SMILES string of the molecule is C=CC(O)c1cscc1C(O)C=C. The molecule has 2 unspecified atom stereocenters. The zero-order valence-corrected chi connectivity index (χ0v) is 8.00. The molecule has 70 valence electrons. The lowest BCUT2D eigenvalue weighted by molar-refractivity contribution is 0.206. The number of hydrogen-bond acceptors (Lipinski definition) is 3. The summed E-state index contributed by atoms with van der Waals surface area (Å²) < 4.78 is 0. The minimum absolute atomic E-state index is 0.701. The second kappa shape index (κ2) is 4.37. The van der Waals surface area contributed by atoms with Gasteiger partial charge in [0, 0.05) is 11.1 Å². The maximum atomic E-state index is 9.49. The van der Waals surface area contributed by atoms with Crippen molar-refractivity contribution in [3.05, 3.63) is 47.2 Å². The summed E-state index contributed by atoms with van der Waals surface area (Å²) in [5.41, 5.74) is 1.40. The summed E-state index contributed by atoms with van der Waals surface area (Å²) in [5, 5.41) is 22.6. The molecule has 0 amide bonds. The summed E-state index contributed by atoms with van der Waals surface area (Å²) in [6.07, 6.45) is 1.44. The number of aliphatic hydroxyl groups excluding tert-OH is 2. The number of aliphatic hydroxyl groups is 2. The molecular formula is C10H12O2S. The minimum Gasteiger partial charge on any atom is -0.384 e. The lowest BCUT2D eigenvalue weighted by Crippen LogP contribution is -1.99. The van der Waals surface area contributed by atoms with Gasteiger partial charge < -0.3 is 10.2 Å². The Balaban J connectivity index is 3.01. The molecule has 0 aliphatic heterocycles. The molecule has 0 bridgehead atoms. The predicted molar refractivity (Wildman–Crippen MR) is 54.6 cm³/mol. The van der Waals surface area contributed by atoms with Gasteiger partial charge in [-0.1, -0.05) is 12.2 Å². The van der Waals surface area contributed by atoms with E-state index >= 15 is 0 Å². The van der Waals surface area contributed by atoms with Crippen LogP contribution in [0.3, 0.4) is 0 Å². The van der Waals surface area contributed by atoms with Crippen molar-refractivity contribution in [1.82, 2.24) is 0 Å². The third kappa shape index (κ3) is 2.06. The highest BCUT2D eigenvalue weighted by Gasteiger charge is 2.14. The Labute approximate surface area is 81.5 Å². The van der Waals surface area contributed by atoms with Crippen molar-refractivity contribution in [3.8, 4) is 0 Å². The Hall–Kier alpha value is -0.900. The van der Waals surface area contributed by atoms with Gasteiger partial charge in [0.1, 0.15) is 0 Å². The second-order valence-corrected chi connectivity index (χ2v) is 3.39. The standard InChI is InChI=1S/C10H12O2S/c1-3-9(11)7-5-13-6-8(7)10(12)4-2/h3-6,9-12H,1-2H2. The van der Waals surface area contributed by atoms with Crippen LogP contribution in [-0.2, 0) is 0 Å². The first kappa shape index (κ1) is 10.2. The van der Waals surface area contributed by atoms with Gasteiger partial charge in [0.25, 0.3) is 0 Å². The monoisotopic (exact) mass is 196 g/mol. The molecule has 0 saturated heterocycles. The topological polar surface area (TPSA) is 40.5 Å². The van der Waals surface area contributed by atoms with E-state index in [1.165, 1.54) is 23.5 Å². The van der Waals surface area contributed by atoms with E-state index < -0.39 is 12.2 Å². The zero-order valence-electron chi connectivity index (χ0n) is 7.18. The first-order chi connectivity index (χ1) is 6.20. The quantitative estimate of drug-likeness (QED) is 0.725. The van der Waals surface area contributed by atoms with Gasteiger partial charge >= 0.3 is 0 Å². The van der Waals surface area contributed by atoms with E-state index in [1.54, 1.807) is 10.8 Å². The van der Waals surface area contributed by atoms with Crippen LogP contribution < -0.4 is 0 Å². The fourth-order valence-electron chi connectivity index (χ4n) is 1.05. The van der Waals surface area contributed by atoms with Gasteiger partial charge in [-0.3, -0.25) is 0 Å². The normalized spacial score (nSPS) is 14.9. The smallest absolute Gasteiger partial charge is 0.0980 e. The Morgan fingerprint density at radius 3 is 1.77 bits per heavy atom. The van der Waals surface area contributed by atoms with Gasteiger partial charge in [-0.2, -0.15) is 11.3 Å². The number of rotatable bonds is 4. The molecule has 3 heteroatoms. The number of hydrogen-bond donors (Lipinski definition) is 2. The molecule has 0 radical (unpaired) electrons. The summed E-state index contributed by atoms with van der Waals surface area (Å²) in [4.78, 5) is 0. The van der Waals surface area contributed by atoms with Gasteiger partial charge in [0.2, 0.25) is 0 Å². The van der Waals surface area contributed by atoms with Gasteiger partial charge in [-0.15, -0.1) is 13.2 Å². The molecule has 0 aliphatic carbocycles. The predicted octanol–water partition coefficient (Wildman–Crippen LogP) is 2.19. The van der Waals surface area contributed by atoms with Crippen molar-refractivity contribution in [2.75, 3.05) is 0 Å². The molecule has 1 aromatic heterocycles. The van der Waals surface area contributed by atoms with Crippen molar-refractivity contribution in [2.24, 2.45) is 0 Å². The third-order valence-corrected chi connectivity index (χ3v) is 2.59. The van der Waals surface area contributed by atoms with E-state index in [0.29, 0.717) is 11.1 Å². The molecule has 1 aromatic rings. The average Bonchev–Trinajstić information content (AvgIpc) is 2.63. The van der Waals surface area contributed by atoms with Crippen LogP contribution >= 0.6 is 11.3 Å². The van der Waals surface area contributed by atoms with Gasteiger partial charge in [0.15, 0.2) is 0 Å². The molecule has 2 N–H and O–H groups in total. The Bertz CT molecular complexity index is 275. The van der Waals surface area contributed by atoms with E-state index in [4.69, 9.17) is 0 Å². The van der Waals surface area contributed by atoms with Crippen LogP contribution in [0.5, 0.6) is 0 Å². The largest absolute Gasteiger partial charge is 0.384 e. The molecule has 0 fully saturated rings. The Kier molecular flexibility index (Phi) is 3.42. The van der Waals surface area contributed by atoms with Gasteiger partial charge in [0.05, 0.1) is 12.2 Å². The highest BCUT2D eigenvalue weighted by Crippen LogP contribution is 2.28. The Morgan fingerprint density at radius 2 is 1.46 bits per heavy atom. The highest BCUT2D eigenvalue weighted by atomic mass is 32.1. The molecule has 0 spiro atoms. The van der Waals surface area contributed by atoms with Crippen LogP contribution in [0.15, 0.2) is 36.1 Å². The van der Waals surface area contributed by atoms with Crippen LogP contribution in [0.25, 0.3) is 0 Å². The highest BCUT2D eigenvalue weighted by molar-refractivity contribution is 7.08. The van der Waals surface area contributed by atoms with Crippen LogP contribution in [0.1, 0.15) is 23.3 Å². The first-order valence-corrected chi connectivity index (χ1v) is 4.82. The summed E-state index contributed by atoms with van der Waals surface area (Å²) in [6, 6.07) is 0. The fraction of sp³-hybridized carbons (Fsp3) is 0.200. The summed E-state index contributed by atoms with van der Waals surface area (Å²) in [6.45, 7) is 6.98. The van der Waals surface area contributed by atoms with Crippen molar-refractivity contribution < 1.29 is 10.2 Å². The van der Waals surface area contributed by atoms with Crippen LogP contribution in [0.2, 0.25) is 0 Å². The van der Waals surface area contributed by atoms with E-state index in [1.807, 2.05) is 0 Å². The van der Waals surface area contributed by atoms with Crippen molar-refractivity contribution in [2.45, 2.75) is 12.2 Å². The van der Waals surface area contributed by atoms with E-state index in [0.717, 1.165) is 0 Å². The fourth-order valence-corrected chi connectivity index (χ4v) is 1.96. The molecular weight excluding hydrogens is 184 g/mol. The van der Waals surface area contributed by atoms with Crippen molar-refractivity contribution in [3.63, 3.8) is 0 Å². The number of thiophene rings is 1. The minimum atomic E-state index is -0.712. The van der Waals surface area contributed by atoms with Gasteiger partial charge in [-0.05, 0) is 10.8 Å². The van der Waals surface area contributed by atoms with Crippen LogP contribution in [0, 0.1) is 0 Å². The summed E-state index contributed by atoms with van der Waals surface area (Å²) in [5.74, 6) is 0. The third-order valence-electron chi connectivity index (χ3n) is 1.81. The van der Waals surface area contributed by atoms with Gasteiger partial charge in [-0.25, -0.2) is 0 Å². The van der Waals surface area contributed by atoms with Crippen molar-refractivity contribution in [1.29, 1.82) is 0 Å². The van der Waals surface area contributed by atoms with Crippen LogP contribution in [0.4, 0.5) is 0 Å². The maximum absolute atomic E-state index is 9.49. The molecule has 1 heterocycles. The van der Waals surface area contributed by atoms with Crippen LogP contribution in [-0.4, -0.2) is 10.2 Å². The first-order valence-electron chi connectivity index (χ1n) is 3.88. The molecule has 2 nitrogen and oxygen atoms in total. The average molecular weight is 196 g/mol. The molecule has 0 aromatic carbocycles. The lowest BCUT2D eigenvalue weighted by atomic mass is 10.0. The van der Waals surface area contributed by atoms with E-state index in [-0.39, 0.29) is 0 Å². The van der Waals surface area contributed by atoms with E-state index in [2.05, 4.69) is 13.2 Å². The molecule has 1 rings (SSSR count). The maximum Gasteiger partial charge on any atom is 0.0980 e. The van der Waals surface area contributed by atoms with Crippen molar-refractivity contribution >= 4 is 11.3 Å². The molecule has 0 aliphatic rings.